The molecule has 0 aromatic heterocycles. The predicted octanol–water partition coefficient (Wildman–Crippen LogP) is 1.15. The maximum atomic E-state index is 9.37. The van der Waals surface area contributed by atoms with Gasteiger partial charge in [0.25, 0.3) is 0 Å². The summed E-state index contributed by atoms with van der Waals surface area (Å²) in [5, 5.41) is 25.8. The Balaban J connectivity index is 1.62. The van der Waals surface area contributed by atoms with Crippen molar-refractivity contribution in [3.8, 4) is 12.1 Å². The second-order valence-electron chi connectivity index (χ2n) is 7.06. The van der Waals surface area contributed by atoms with Gasteiger partial charge in [-0.15, -0.1) is 0 Å². The van der Waals surface area contributed by atoms with Gasteiger partial charge in [0.15, 0.2) is 5.57 Å². The van der Waals surface area contributed by atoms with Crippen LogP contribution < -0.4 is 10.6 Å². The summed E-state index contributed by atoms with van der Waals surface area (Å²) in [4.78, 5) is 4.51. The van der Waals surface area contributed by atoms with Gasteiger partial charge in [-0.3, -0.25) is 0 Å². The second kappa shape index (κ2) is 8.37. The molecule has 3 aliphatic rings. The van der Waals surface area contributed by atoms with E-state index < -0.39 is 0 Å². The van der Waals surface area contributed by atoms with Gasteiger partial charge in [-0.25, -0.2) is 0 Å². The molecule has 0 saturated carbocycles. The maximum Gasteiger partial charge on any atom is 0.169 e. The van der Waals surface area contributed by atoms with Gasteiger partial charge in [-0.1, -0.05) is 0 Å². The normalized spacial score (nSPS) is 26.7. The van der Waals surface area contributed by atoms with Crippen LogP contribution in [0.25, 0.3) is 0 Å². The van der Waals surface area contributed by atoms with E-state index in [1.807, 2.05) is 0 Å². The van der Waals surface area contributed by atoms with Crippen LogP contribution >= 0.6 is 0 Å². The first-order valence-electron chi connectivity index (χ1n) is 9.33. The number of rotatable bonds is 6. The molecule has 0 bridgehead atoms. The third-order valence-corrected chi connectivity index (χ3v) is 5.51. The van der Waals surface area contributed by atoms with Crippen LogP contribution in [0.1, 0.15) is 38.5 Å². The van der Waals surface area contributed by atoms with E-state index in [2.05, 4.69) is 32.6 Å². The molecule has 0 spiro atoms. The molecule has 2 unspecified atom stereocenters. The fourth-order valence-corrected chi connectivity index (χ4v) is 4.16. The highest BCUT2D eigenvalue weighted by atomic mass is 15.4. The van der Waals surface area contributed by atoms with Gasteiger partial charge in [-0.2, -0.15) is 10.5 Å². The molecule has 6 heteroatoms. The summed E-state index contributed by atoms with van der Waals surface area (Å²) < 4.78 is 0. The van der Waals surface area contributed by atoms with E-state index in [9.17, 15) is 10.5 Å². The van der Waals surface area contributed by atoms with E-state index >= 15 is 0 Å². The van der Waals surface area contributed by atoms with Gasteiger partial charge in [0.05, 0.1) is 0 Å². The minimum absolute atomic E-state index is 0.270. The zero-order valence-electron chi connectivity index (χ0n) is 14.4. The quantitative estimate of drug-likeness (QED) is 0.712. The van der Waals surface area contributed by atoms with Crippen molar-refractivity contribution < 1.29 is 0 Å². The van der Waals surface area contributed by atoms with Gasteiger partial charge in [0.1, 0.15) is 18.0 Å². The standard InChI is InChI=1S/C18H28N6/c19-13-15(14-20)18-23(9-5-16-3-1-7-21-16)11-12-24(18)10-6-17-4-2-8-22-17/h16-17,21-22H,1-12H2. The van der Waals surface area contributed by atoms with Gasteiger partial charge in [0.2, 0.25) is 0 Å². The number of nitrogens with one attached hydrogen (secondary N) is 2. The maximum absolute atomic E-state index is 9.37. The number of allylic oxidation sites excluding steroid dienone is 1. The molecular weight excluding hydrogens is 300 g/mol. The monoisotopic (exact) mass is 328 g/mol. The van der Waals surface area contributed by atoms with Crippen molar-refractivity contribution in [3.05, 3.63) is 11.4 Å². The number of hydrogen-bond acceptors (Lipinski definition) is 6. The van der Waals surface area contributed by atoms with Crippen LogP contribution in [0.5, 0.6) is 0 Å². The molecule has 0 aliphatic carbocycles. The predicted molar refractivity (Wildman–Crippen MR) is 92.7 cm³/mol. The molecule has 3 heterocycles. The average molecular weight is 328 g/mol. The van der Waals surface area contributed by atoms with Crippen LogP contribution in [-0.2, 0) is 0 Å². The first kappa shape index (κ1) is 17.1. The minimum Gasteiger partial charge on any atom is -0.355 e. The lowest BCUT2D eigenvalue weighted by molar-refractivity contribution is 0.309. The van der Waals surface area contributed by atoms with E-state index in [-0.39, 0.29) is 5.57 Å². The molecule has 130 valence electrons. The third-order valence-electron chi connectivity index (χ3n) is 5.51. The zero-order chi connectivity index (χ0) is 16.8. The van der Waals surface area contributed by atoms with E-state index in [0.29, 0.717) is 12.1 Å². The topological polar surface area (TPSA) is 78.1 Å². The fraction of sp³-hybridized carbons (Fsp3) is 0.778. The van der Waals surface area contributed by atoms with E-state index in [4.69, 9.17) is 0 Å². The lowest BCUT2D eigenvalue weighted by atomic mass is 10.1. The Labute approximate surface area is 145 Å². The molecule has 24 heavy (non-hydrogen) atoms. The van der Waals surface area contributed by atoms with Gasteiger partial charge < -0.3 is 20.4 Å². The van der Waals surface area contributed by atoms with Crippen molar-refractivity contribution in [1.29, 1.82) is 10.5 Å². The molecule has 0 aromatic rings. The Hall–Kier alpha value is -1.76. The van der Waals surface area contributed by atoms with Crippen molar-refractivity contribution >= 4 is 0 Å². The smallest absolute Gasteiger partial charge is 0.169 e. The molecule has 2 N–H and O–H groups in total. The van der Waals surface area contributed by atoms with E-state index in [0.717, 1.165) is 57.9 Å². The van der Waals surface area contributed by atoms with Gasteiger partial charge in [0, 0.05) is 38.3 Å². The zero-order valence-corrected chi connectivity index (χ0v) is 14.4. The minimum atomic E-state index is 0.270. The van der Waals surface area contributed by atoms with Crippen molar-refractivity contribution in [3.63, 3.8) is 0 Å². The third kappa shape index (κ3) is 4.01. The van der Waals surface area contributed by atoms with Crippen LogP contribution in [0, 0.1) is 22.7 Å². The van der Waals surface area contributed by atoms with Gasteiger partial charge in [-0.05, 0) is 51.6 Å². The van der Waals surface area contributed by atoms with Gasteiger partial charge >= 0.3 is 0 Å². The Morgan fingerprint density at radius 2 is 1.42 bits per heavy atom. The highest BCUT2D eigenvalue weighted by Gasteiger charge is 2.29. The largest absolute Gasteiger partial charge is 0.355 e. The summed E-state index contributed by atoms with van der Waals surface area (Å²) in [6.45, 7) is 5.95. The SMILES string of the molecule is N#CC(C#N)=C1N(CCC2CCCN2)CCN1CCC1CCCN1. The molecule has 0 amide bonds. The molecule has 0 radical (unpaired) electrons. The Kier molecular flexibility index (Phi) is 5.96. The Morgan fingerprint density at radius 1 is 0.917 bits per heavy atom. The average Bonchev–Trinajstić information content (AvgIpc) is 3.35. The van der Waals surface area contributed by atoms with Crippen molar-refractivity contribution in [1.82, 2.24) is 20.4 Å². The van der Waals surface area contributed by atoms with Crippen LogP contribution in [0.2, 0.25) is 0 Å². The highest BCUT2D eigenvalue weighted by Crippen LogP contribution is 2.24. The molecule has 3 aliphatic heterocycles. The Bertz CT molecular complexity index is 485. The lowest BCUT2D eigenvalue weighted by Gasteiger charge is -2.26. The molecule has 2 atom stereocenters. The summed E-state index contributed by atoms with van der Waals surface area (Å²) >= 11 is 0. The highest BCUT2D eigenvalue weighted by molar-refractivity contribution is 5.40. The molecule has 6 nitrogen and oxygen atoms in total. The summed E-state index contributed by atoms with van der Waals surface area (Å²) in [6, 6.07) is 5.41. The van der Waals surface area contributed by atoms with Crippen molar-refractivity contribution in [2.45, 2.75) is 50.6 Å². The molecular formula is C18H28N6. The second-order valence-corrected chi connectivity index (χ2v) is 7.06. The first-order chi connectivity index (χ1) is 11.8. The Morgan fingerprint density at radius 3 is 1.79 bits per heavy atom. The van der Waals surface area contributed by atoms with Crippen LogP contribution in [-0.4, -0.2) is 61.2 Å². The van der Waals surface area contributed by atoms with Crippen molar-refractivity contribution in [2.75, 3.05) is 39.3 Å². The van der Waals surface area contributed by atoms with E-state index in [1.54, 1.807) is 0 Å². The van der Waals surface area contributed by atoms with Crippen LogP contribution in [0.4, 0.5) is 0 Å². The van der Waals surface area contributed by atoms with Crippen LogP contribution in [0.15, 0.2) is 11.4 Å². The molecule has 3 rings (SSSR count). The molecule has 3 fully saturated rings. The first-order valence-corrected chi connectivity index (χ1v) is 9.33. The molecule has 3 saturated heterocycles. The summed E-state index contributed by atoms with van der Waals surface area (Å²) in [5.74, 6) is 0.871. The number of nitriles is 2. The number of nitrogens with zero attached hydrogens (tertiary/aromatic N) is 4. The lowest BCUT2D eigenvalue weighted by Crippen LogP contribution is -2.32. The van der Waals surface area contributed by atoms with Crippen LogP contribution in [0.3, 0.4) is 0 Å². The number of hydrogen-bond donors (Lipinski definition) is 2. The summed E-state index contributed by atoms with van der Waals surface area (Å²) in [7, 11) is 0. The van der Waals surface area contributed by atoms with Crippen molar-refractivity contribution in [2.24, 2.45) is 0 Å². The summed E-state index contributed by atoms with van der Waals surface area (Å²) in [6.07, 6.45) is 7.18. The molecule has 0 aromatic carbocycles. The van der Waals surface area contributed by atoms with E-state index in [1.165, 1.54) is 25.7 Å². The fourth-order valence-electron chi connectivity index (χ4n) is 4.16. The summed E-state index contributed by atoms with van der Waals surface area (Å²) in [5.41, 5.74) is 0.270.